The fourth-order valence-electron chi connectivity index (χ4n) is 4.88. The van der Waals surface area contributed by atoms with Crippen LogP contribution in [0.15, 0.2) is 60.7 Å². The van der Waals surface area contributed by atoms with E-state index in [-0.39, 0.29) is 11.6 Å². The highest BCUT2D eigenvalue weighted by Gasteiger charge is 2.35. The number of nitrogens with zero attached hydrogens (tertiary/aromatic N) is 1. The Morgan fingerprint density at radius 1 is 0.892 bits per heavy atom. The van der Waals surface area contributed by atoms with Crippen LogP contribution >= 0.6 is 0 Å². The van der Waals surface area contributed by atoms with E-state index in [1.807, 2.05) is 0 Å². The summed E-state index contributed by atoms with van der Waals surface area (Å²) in [5, 5.41) is 9.78. The van der Waals surface area contributed by atoms with Crippen molar-refractivity contribution in [3.63, 3.8) is 0 Å². The van der Waals surface area contributed by atoms with Gasteiger partial charge in [0.15, 0.2) is 0 Å². The number of carboxylic acids is 1. The molecule has 1 fully saturated rings. The summed E-state index contributed by atoms with van der Waals surface area (Å²) in [6.07, 6.45) is -1.88. The van der Waals surface area contributed by atoms with Crippen LogP contribution in [0.1, 0.15) is 61.4 Å². The molecule has 37 heavy (non-hydrogen) atoms. The van der Waals surface area contributed by atoms with Crippen LogP contribution in [-0.2, 0) is 16.4 Å². The van der Waals surface area contributed by atoms with Crippen molar-refractivity contribution in [2.75, 3.05) is 13.1 Å². The van der Waals surface area contributed by atoms with Crippen molar-refractivity contribution in [3.05, 3.63) is 94.6 Å². The van der Waals surface area contributed by atoms with Gasteiger partial charge in [-0.3, -0.25) is 9.69 Å². The zero-order valence-corrected chi connectivity index (χ0v) is 20.6. The van der Waals surface area contributed by atoms with Crippen LogP contribution in [-0.4, -0.2) is 29.1 Å². The van der Waals surface area contributed by atoms with Crippen LogP contribution in [0.4, 0.5) is 22.0 Å². The topological polar surface area (TPSA) is 40.5 Å². The molecule has 0 spiro atoms. The van der Waals surface area contributed by atoms with Crippen LogP contribution in [0, 0.1) is 11.6 Å². The smallest absolute Gasteiger partial charge is 0.419 e. The summed E-state index contributed by atoms with van der Waals surface area (Å²) in [6.45, 7) is 4.57. The zero-order chi connectivity index (χ0) is 27.0. The summed E-state index contributed by atoms with van der Waals surface area (Å²) >= 11 is 0. The van der Waals surface area contributed by atoms with Crippen LogP contribution in [0.25, 0.3) is 11.1 Å². The number of rotatable bonds is 6. The van der Waals surface area contributed by atoms with Gasteiger partial charge in [-0.2, -0.15) is 13.2 Å². The van der Waals surface area contributed by atoms with E-state index in [0.717, 1.165) is 44.0 Å². The molecular weight excluding hydrogens is 489 g/mol. The molecule has 0 amide bonds. The summed E-state index contributed by atoms with van der Waals surface area (Å²) in [5.74, 6) is -2.88. The van der Waals surface area contributed by atoms with Crippen molar-refractivity contribution in [2.24, 2.45) is 0 Å². The molecule has 0 radical (unpaired) electrons. The Labute approximate surface area is 212 Å². The number of piperidine rings is 1. The summed E-state index contributed by atoms with van der Waals surface area (Å²) < 4.78 is 68.2. The maximum atomic E-state index is 14.7. The van der Waals surface area contributed by atoms with E-state index in [0.29, 0.717) is 22.8 Å². The summed E-state index contributed by atoms with van der Waals surface area (Å²) in [6, 6.07) is 13.5. The van der Waals surface area contributed by atoms with E-state index >= 15 is 0 Å². The molecule has 3 aromatic rings. The van der Waals surface area contributed by atoms with E-state index < -0.39 is 34.8 Å². The molecule has 0 saturated carbocycles. The summed E-state index contributed by atoms with van der Waals surface area (Å²) in [7, 11) is 0. The van der Waals surface area contributed by atoms with Gasteiger partial charge in [0.05, 0.1) is 17.0 Å². The second kappa shape index (κ2) is 10.2. The summed E-state index contributed by atoms with van der Waals surface area (Å²) in [5.41, 5.74) is -0.151. The predicted octanol–water partition coefficient (Wildman–Crippen LogP) is 7.59. The van der Waals surface area contributed by atoms with Gasteiger partial charge < -0.3 is 5.11 Å². The lowest BCUT2D eigenvalue weighted by Crippen LogP contribution is -2.35. The molecule has 1 unspecified atom stereocenters. The lowest BCUT2D eigenvalue weighted by molar-refractivity contribution is -0.142. The molecule has 3 aromatic carbocycles. The molecule has 0 aliphatic carbocycles. The first kappa shape index (κ1) is 26.8. The average molecular weight is 518 g/mol. The maximum Gasteiger partial charge on any atom is 0.419 e. The van der Waals surface area contributed by atoms with Crippen molar-refractivity contribution < 1.29 is 31.9 Å². The zero-order valence-electron chi connectivity index (χ0n) is 20.6. The Kier molecular flexibility index (Phi) is 7.42. The molecule has 0 bridgehead atoms. The maximum absolute atomic E-state index is 14.7. The number of halogens is 5. The van der Waals surface area contributed by atoms with Crippen LogP contribution in [0.3, 0.4) is 0 Å². The van der Waals surface area contributed by atoms with Gasteiger partial charge in [-0.05, 0) is 97.9 Å². The first-order valence-electron chi connectivity index (χ1n) is 12.1. The van der Waals surface area contributed by atoms with E-state index in [4.69, 9.17) is 0 Å². The third-order valence-corrected chi connectivity index (χ3v) is 7.13. The second-order valence-corrected chi connectivity index (χ2v) is 9.98. The average Bonchev–Trinajstić information content (AvgIpc) is 2.85. The number of hydrogen-bond donors (Lipinski definition) is 1. The van der Waals surface area contributed by atoms with E-state index in [1.165, 1.54) is 32.0 Å². The van der Waals surface area contributed by atoms with Crippen LogP contribution in [0.2, 0.25) is 0 Å². The van der Waals surface area contributed by atoms with E-state index in [1.54, 1.807) is 30.3 Å². The molecule has 4 rings (SSSR count). The highest BCUT2D eigenvalue weighted by molar-refractivity contribution is 5.82. The molecule has 1 aliphatic rings. The van der Waals surface area contributed by atoms with Crippen molar-refractivity contribution in [2.45, 2.75) is 50.7 Å². The van der Waals surface area contributed by atoms with Crippen molar-refractivity contribution in [1.82, 2.24) is 4.90 Å². The monoisotopic (exact) mass is 517 g/mol. The molecule has 1 N–H and O–H groups in total. The quantitative estimate of drug-likeness (QED) is 0.343. The van der Waals surface area contributed by atoms with E-state index in [2.05, 4.69) is 4.90 Å². The molecule has 8 heteroatoms. The number of hydrogen-bond acceptors (Lipinski definition) is 2. The van der Waals surface area contributed by atoms with Gasteiger partial charge in [-0.15, -0.1) is 0 Å². The third kappa shape index (κ3) is 5.54. The SMILES string of the molecule is CC(C)(C(=O)O)c1ccc(C(c2ccc(F)cc2)N2CCCCC2)c(-c2ccc(C(F)(F)F)c(F)c2)c1. The Balaban J connectivity index is 1.95. The number of carboxylic acid groups (broad SMARTS) is 1. The minimum Gasteiger partial charge on any atom is -0.481 e. The summed E-state index contributed by atoms with van der Waals surface area (Å²) in [4.78, 5) is 14.2. The molecule has 1 aliphatic heterocycles. The first-order valence-corrected chi connectivity index (χ1v) is 12.1. The van der Waals surface area contributed by atoms with Gasteiger partial charge >= 0.3 is 12.1 Å². The van der Waals surface area contributed by atoms with Crippen molar-refractivity contribution in [1.29, 1.82) is 0 Å². The number of carbonyl (C=O) groups is 1. The second-order valence-electron chi connectivity index (χ2n) is 9.98. The highest BCUT2D eigenvalue weighted by Crippen LogP contribution is 2.41. The van der Waals surface area contributed by atoms with Gasteiger partial charge in [0.25, 0.3) is 0 Å². The highest BCUT2D eigenvalue weighted by atomic mass is 19.4. The third-order valence-electron chi connectivity index (χ3n) is 7.13. The van der Waals surface area contributed by atoms with Gasteiger partial charge in [0.1, 0.15) is 11.6 Å². The largest absolute Gasteiger partial charge is 0.481 e. The molecule has 3 nitrogen and oxygen atoms in total. The Morgan fingerprint density at radius 3 is 2.11 bits per heavy atom. The van der Waals surface area contributed by atoms with Gasteiger partial charge in [0, 0.05) is 0 Å². The Bertz CT molecular complexity index is 1280. The fourth-order valence-corrected chi connectivity index (χ4v) is 4.88. The molecule has 0 aromatic heterocycles. The van der Waals surface area contributed by atoms with Gasteiger partial charge in [0.2, 0.25) is 0 Å². The van der Waals surface area contributed by atoms with E-state index in [9.17, 15) is 31.9 Å². The lowest BCUT2D eigenvalue weighted by atomic mass is 9.80. The number of aliphatic carboxylic acids is 1. The normalized spacial score (nSPS) is 16.0. The van der Waals surface area contributed by atoms with Gasteiger partial charge in [-0.1, -0.05) is 36.8 Å². The number of likely N-dealkylation sites (tertiary alicyclic amines) is 1. The number of alkyl halides is 3. The predicted molar refractivity (Wildman–Crippen MR) is 131 cm³/mol. The molecule has 1 atom stereocenters. The standard InChI is InChI=1S/C29H28F5NO2/c1-28(2,27(36)37)20-9-12-22(23(17-20)19-8-13-24(25(31)16-19)29(32,33)34)26(35-14-4-3-5-15-35)18-6-10-21(30)11-7-18/h6-13,16-17,26H,3-5,14-15H2,1-2H3,(H,36,37). The Hall–Kier alpha value is -3.26. The minimum absolute atomic E-state index is 0.202. The van der Waals surface area contributed by atoms with Crippen molar-refractivity contribution >= 4 is 5.97 Å². The molecular formula is C29H28F5NO2. The minimum atomic E-state index is -4.84. The molecule has 1 saturated heterocycles. The van der Waals surface area contributed by atoms with Crippen LogP contribution < -0.4 is 0 Å². The van der Waals surface area contributed by atoms with Crippen molar-refractivity contribution in [3.8, 4) is 11.1 Å². The number of benzene rings is 3. The lowest BCUT2D eigenvalue weighted by Gasteiger charge is -2.36. The first-order chi connectivity index (χ1) is 17.4. The van der Waals surface area contributed by atoms with Crippen LogP contribution in [0.5, 0.6) is 0 Å². The molecule has 1 heterocycles. The molecule has 196 valence electrons. The van der Waals surface area contributed by atoms with Gasteiger partial charge in [-0.25, -0.2) is 8.78 Å². The Morgan fingerprint density at radius 2 is 1.54 bits per heavy atom. The fraction of sp³-hybridized carbons (Fsp3) is 0.345.